The van der Waals surface area contributed by atoms with Crippen LogP contribution < -0.4 is 24.4 Å². The Kier molecular flexibility index (Phi) is 10.3. The topological polar surface area (TPSA) is 190 Å². The van der Waals surface area contributed by atoms with Crippen LogP contribution in [-0.4, -0.2) is 98.4 Å². The van der Waals surface area contributed by atoms with Crippen molar-refractivity contribution in [1.29, 1.82) is 0 Å². The van der Waals surface area contributed by atoms with E-state index in [0.717, 1.165) is 55.7 Å². The van der Waals surface area contributed by atoms with Crippen LogP contribution in [-0.2, 0) is 19.5 Å². The first kappa shape index (κ1) is 40.3. The summed E-state index contributed by atoms with van der Waals surface area (Å²) in [5.74, 6) is -0.0545. The number of likely N-dealkylation sites (tertiary alicyclic amines) is 1. The van der Waals surface area contributed by atoms with Crippen molar-refractivity contribution in [2.24, 2.45) is 5.41 Å². The lowest BCUT2D eigenvalue weighted by molar-refractivity contribution is -0.384. The molecule has 10 rings (SSSR count). The Morgan fingerprint density at radius 2 is 1.90 bits per heavy atom. The van der Waals surface area contributed by atoms with E-state index in [4.69, 9.17) is 18.9 Å². The molecule has 3 atom stereocenters. The fraction of sp³-hybridized carbons (Fsp3) is 0.422. The van der Waals surface area contributed by atoms with Crippen LogP contribution in [0.2, 0.25) is 0 Å². The third kappa shape index (κ3) is 7.50. The van der Waals surface area contributed by atoms with Gasteiger partial charge >= 0.3 is 0 Å². The number of nitro benzene ring substituents is 1. The molecule has 3 unspecified atom stereocenters. The highest BCUT2D eigenvalue weighted by Gasteiger charge is 2.55. The molecule has 1 spiro atoms. The number of benzene rings is 3. The van der Waals surface area contributed by atoms with Crippen molar-refractivity contribution in [2.45, 2.75) is 74.6 Å². The van der Waals surface area contributed by atoms with Gasteiger partial charge in [-0.05, 0) is 73.5 Å². The fourth-order valence-electron chi connectivity index (χ4n) is 10.1. The predicted molar refractivity (Wildman–Crippen MR) is 231 cm³/mol. The summed E-state index contributed by atoms with van der Waals surface area (Å²) in [6.45, 7) is 8.52. The zero-order valence-electron chi connectivity index (χ0n) is 34.5. The van der Waals surface area contributed by atoms with E-state index in [9.17, 15) is 23.3 Å². The molecule has 62 heavy (non-hydrogen) atoms. The maximum atomic E-state index is 14.0. The molecule has 3 saturated heterocycles. The lowest BCUT2D eigenvalue weighted by Gasteiger charge is -2.62. The largest absolute Gasteiger partial charge is 0.489 e. The number of hydrogen-bond donors (Lipinski definition) is 3. The highest BCUT2D eigenvalue weighted by Crippen LogP contribution is 2.54. The molecule has 5 aliphatic rings. The smallest absolute Gasteiger partial charge is 0.297 e. The van der Waals surface area contributed by atoms with Crippen molar-refractivity contribution in [3.63, 3.8) is 0 Å². The Morgan fingerprint density at radius 3 is 2.69 bits per heavy atom. The van der Waals surface area contributed by atoms with Crippen molar-refractivity contribution in [2.75, 3.05) is 56.3 Å². The molecule has 1 saturated carbocycles. The minimum absolute atomic E-state index is 0.0165. The second kappa shape index (κ2) is 15.9. The van der Waals surface area contributed by atoms with E-state index in [2.05, 4.69) is 67.9 Å². The number of aromatic nitrogens is 2. The SMILES string of the molecule is CC(C)c1ccccc1C1CCCN1C1CC2(C1)CN(c1ccc(C(=O)NS(=O)(=O)c3cc4c(c([N+](=O)[O-])c3)NC(C3COCCO3)CO4)c(Oc3cnc4[nH]ccc4c3)c1)C2. The Bertz CT molecular complexity index is 2650. The van der Waals surface area contributed by atoms with Gasteiger partial charge in [-0.2, -0.15) is 0 Å². The third-order valence-electron chi connectivity index (χ3n) is 13.1. The molecule has 6 heterocycles. The van der Waals surface area contributed by atoms with Gasteiger partial charge in [0.2, 0.25) is 0 Å². The lowest BCUT2D eigenvalue weighted by atomic mass is 9.60. The molecule has 5 aromatic rings. The van der Waals surface area contributed by atoms with Crippen LogP contribution in [0, 0.1) is 15.5 Å². The van der Waals surface area contributed by atoms with Crippen LogP contribution in [0.5, 0.6) is 17.2 Å². The standard InChI is InChI=1S/C45H49N7O9S/c1-27(2)33-6-3-4-7-34(33)37-8-5-13-51(37)30-20-45(21-30)25-50(26-45)29-9-10-35(39(17-29)61-31-16-28-11-12-46-43(28)47-22-31)44(53)49-62(56,57)32-18-38(52(54)55)42-40(19-32)60-23-36(48-42)41-24-58-14-15-59-41/h3-4,6-7,9-12,16-19,22,27,30,36-37,41,48H,5,8,13-15,20-21,23-26H2,1-2H3,(H,46,47)(H,49,53). The summed E-state index contributed by atoms with van der Waals surface area (Å²) in [4.78, 5) is 37.5. The van der Waals surface area contributed by atoms with E-state index in [0.29, 0.717) is 42.6 Å². The van der Waals surface area contributed by atoms with Crippen molar-refractivity contribution in [3.05, 3.63) is 106 Å². The first-order valence-electron chi connectivity index (χ1n) is 21.3. The maximum absolute atomic E-state index is 14.0. The molecule has 4 fully saturated rings. The number of H-pyrrole nitrogens is 1. The summed E-state index contributed by atoms with van der Waals surface area (Å²) in [5.41, 5.74) is 4.06. The van der Waals surface area contributed by atoms with Gasteiger partial charge < -0.3 is 34.1 Å². The van der Waals surface area contributed by atoms with E-state index in [1.165, 1.54) is 30.2 Å². The number of hydrogen-bond acceptors (Lipinski definition) is 13. The number of aromatic amines is 1. The number of rotatable bonds is 11. The van der Waals surface area contributed by atoms with Crippen molar-refractivity contribution >= 4 is 44.0 Å². The second-order valence-corrected chi connectivity index (χ2v) is 19.2. The number of ether oxygens (including phenoxy) is 4. The Morgan fingerprint density at radius 1 is 1.06 bits per heavy atom. The van der Waals surface area contributed by atoms with Gasteiger partial charge in [-0.3, -0.25) is 19.8 Å². The molecule has 16 nitrogen and oxygen atoms in total. The molecule has 17 heteroatoms. The molecule has 0 bridgehead atoms. The molecular weight excluding hydrogens is 815 g/mol. The minimum atomic E-state index is -4.66. The number of amides is 1. The van der Waals surface area contributed by atoms with Gasteiger partial charge in [0, 0.05) is 66.1 Å². The van der Waals surface area contributed by atoms with Crippen LogP contribution in [0.4, 0.5) is 17.1 Å². The summed E-state index contributed by atoms with van der Waals surface area (Å²) >= 11 is 0. The third-order valence-corrected chi connectivity index (χ3v) is 14.4. The zero-order chi connectivity index (χ0) is 42.8. The number of carbonyl (C=O) groups excluding carboxylic acids is 1. The number of pyridine rings is 1. The number of sulfonamides is 1. The van der Waals surface area contributed by atoms with E-state index in [-0.39, 0.29) is 41.4 Å². The number of anilines is 2. The predicted octanol–water partition coefficient (Wildman–Crippen LogP) is 6.90. The Hall–Kier alpha value is -5.75. The van der Waals surface area contributed by atoms with Crippen LogP contribution in [0.25, 0.3) is 11.0 Å². The quantitative estimate of drug-likeness (QED) is 0.0919. The van der Waals surface area contributed by atoms with Gasteiger partial charge in [0.1, 0.15) is 29.9 Å². The number of nitrogens with zero attached hydrogens (tertiary/aromatic N) is 4. The number of fused-ring (bicyclic) bond motifs is 2. The number of carbonyl (C=O) groups is 1. The molecule has 3 aromatic carbocycles. The van der Waals surface area contributed by atoms with E-state index < -0.39 is 43.6 Å². The van der Waals surface area contributed by atoms with E-state index in [1.54, 1.807) is 30.5 Å². The molecule has 0 radical (unpaired) electrons. The highest BCUT2D eigenvalue weighted by atomic mass is 32.2. The van der Waals surface area contributed by atoms with Gasteiger partial charge in [-0.1, -0.05) is 38.1 Å². The molecule has 2 aromatic heterocycles. The van der Waals surface area contributed by atoms with Crippen LogP contribution in [0.3, 0.4) is 0 Å². The number of nitrogens with one attached hydrogen (secondary N) is 3. The average molecular weight is 864 g/mol. The van der Waals surface area contributed by atoms with Gasteiger partial charge in [-0.15, -0.1) is 0 Å². The van der Waals surface area contributed by atoms with Crippen LogP contribution in [0.15, 0.2) is 84.0 Å². The summed E-state index contributed by atoms with van der Waals surface area (Å²) < 4.78 is 53.2. The van der Waals surface area contributed by atoms with Gasteiger partial charge in [0.05, 0.1) is 47.4 Å². The van der Waals surface area contributed by atoms with Crippen molar-refractivity contribution < 1.29 is 37.1 Å². The summed E-state index contributed by atoms with van der Waals surface area (Å²) in [6.07, 6.45) is 7.51. The zero-order valence-corrected chi connectivity index (χ0v) is 35.4. The number of nitro groups is 1. The average Bonchev–Trinajstić information content (AvgIpc) is 3.92. The van der Waals surface area contributed by atoms with E-state index >= 15 is 0 Å². The van der Waals surface area contributed by atoms with Crippen LogP contribution in [0.1, 0.15) is 73.0 Å². The first-order valence-corrected chi connectivity index (χ1v) is 22.7. The highest BCUT2D eigenvalue weighted by molar-refractivity contribution is 7.90. The molecular formula is C45H49N7O9S. The normalized spacial score (nSPS) is 22.4. The Labute approximate surface area is 359 Å². The molecule has 3 N–H and O–H groups in total. The van der Waals surface area contributed by atoms with Gasteiger partial charge in [-0.25, -0.2) is 18.1 Å². The van der Waals surface area contributed by atoms with Crippen molar-refractivity contribution in [3.8, 4) is 17.2 Å². The monoisotopic (exact) mass is 863 g/mol. The minimum Gasteiger partial charge on any atom is -0.489 e. The first-order chi connectivity index (χ1) is 29.9. The molecule has 4 aliphatic heterocycles. The van der Waals surface area contributed by atoms with Crippen molar-refractivity contribution in [1.82, 2.24) is 19.6 Å². The van der Waals surface area contributed by atoms with Gasteiger partial charge in [0.25, 0.3) is 21.6 Å². The fourth-order valence-corrected chi connectivity index (χ4v) is 11.1. The molecule has 1 aliphatic carbocycles. The molecule has 1 amide bonds. The second-order valence-electron chi connectivity index (χ2n) is 17.5. The Balaban J connectivity index is 0.870. The maximum Gasteiger partial charge on any atom is 0.297 e. The molecule has 324 valence electrons. The lowest BCUT2D eigenvalue weighted by Crippen LogP contribution is -2.66. The summed E-state index contributed by atoms with van der Waals surface area (Å²) in [6, 6.07) is 20.2. The summed E-state index contributed by atoms with van der Waals surface area (Å²) in [7, 11) is -4.66. The van der Waals surface area contributed by atoms with Crippen LogP contribution >= 0.6 is 0 Å². The van der Waals surface area contributed by atoms with Gasteiger partial charge in [0.15, 0.2) is 11.4 Å². The summed E-state index contributed by atoms with van der Waals surface area (Å²) in [5, 5.41) is 16.1. The van der Waals surface area contributed by atoms with E-state index in [1.807, 2.05) is 6.07 Å².